The third kappa shape index (κ3) is 3.68. The molecule has 0 spiro atoms. The number of nitrogens with zero attached hydrogens (tertiary/aromatic N) is 3. The van der Waals surface area contributed by atoms with E-state index in [2.05, 4.69) is 25.6 Å². The Morgan fingerprint density at radius 2 is 1.83 bits per heavy atom. The number of aliphatic hydroxyl groups excluding tert-OH is 1. The molecule has 7 heteroatoms. The highest BCUT2D eigenvalue weighted by Crippen LogP contribution is 2.21. The van der Waals surface area contributed by atoms with E-state index >= 15 is 0 Å². The van der Waals surface area contributed by atoms with Crippen molar-refractivity contribution < 1.29 is 5.11 Å². The molecular weight excluding hydrogens is 254 g/mol. The maximum atomic E-state index is 9.45. The number of aromatic nitrogens is 3. The van der Waals surface area contributed by atoms with Crippen molar-refractivity contribution in [3.05, 3.63) is 5.28 Å². The van der Waals surface area contributed by atoms with Crippen LogP contribution in [-0.2, 0) is 0 Å². The summed E-state index contributed by atoms with van der Waals surface area (Å²) in [4.78, 5) is 12.3. The van der Waals surface area contributed by atoms with Gasteiger partial charge < -0.3 is 15.7 Å². The Hall–Kier alpha value is -1.14. The molecule has 6 nitrogen and oxygen atoms in total. The van der Waals surface area contributed by atoms with Crippen LogP contribution < -0.4 is 10.6 Å². The zero-order valence-electron chi connectivity index (χ0n) is 10.4. The fourth-order valence-corrected chi connectivity index (χ4v) is 2.21. The SMILES string of the molecule is CCNc1nc(Cl)nc(NC2CCC(O)CC2)n1. The third-order valence-corrected chi connectivity index (χ3v) is 3.14. The average Bonchev–Trinajstić information content (AvgIpc) is 2.32. The van der Waals surface area contributed by atoms with Crippen LogP contribution in [0.2, 0.25) is 5.28 Å². The second-order valence-corrected chi connectivity index (χ2v) is 4.77. The number of nitrogens with one attached hydrogen (secondary N) is 2. The standard InChI is InChI=1S/C11H18ClN5O/c1-2-13-10-15-9(12)16-11(17-10)14-7-3-5-8(18)6-4-7/h7-8,18H,2-6H2,1H3,(H2,13,14,15,16,17). The molecule has 100 valence electrons. The minimum atomic E-state index is -0.165. The van der Waals surface area contributed by atoms with Gasteiger partial charge in [-0.1, -0.05) is 0 Å². The molecule has 0 radical (unpaired) electrons. The van der Waals surface area contributed by atoms with Gasteiger partial charge in [0, 0.05) is 12.6 Å². The second kappa shape index (κ2) is 6.15. The number of anilines is 2. The van der Waals surface area contributed by atoms with E-state index in [-0.39, 0.29) is 11.4 Å². The van der Waals surface area contributed by atoms with E-state index in [4.69, 9.17) is 11.6 Å². The highest BCUT2D eigenvalue weighted by Gasteiger charge is 2.20. The Balaban J connectivity index is 2.00. The fourth-order valence-electron chi connectivity index (χ4n) is 2.05. The minimum absolute atomic E-state index is 0.165. The van der Waals surface area contributed by atoms with Crippen molar-refractivity contribution in [2.45, 2.75) is 44.8 Å². The van der Waals surface area contributed by atoms with Crippen molar-refractivity contribution in [3.63, 3.8) is 0 Å². The molecule has 1 saturated carbocycles. The van der Waals surface area contributed by atoms with Crippen LogP contribution in [0.25, 0.3) is 0 Å². The van der Waals surface area contributed by atoms with Gasteiger partial charge in [-0.25, -0.2) is 0 Å². The van der Waals surface area contributed by atoms with Crippen molar-refractivity contribution in [3.8, 4) is 0 Å². The van der Waals surface area contributed by atoms with Crippen LogP contribution in [-0.4, -0.2) is 38.7 Å². The van der Waals surface area contributed by atoms with Gasteiger partial charge in [0.25, 0.3) is 0 Å². The lowest BCUT2D eigenvalue weighted by Crippen LogP contribution is -2.29. The molecule has 1 fully saturated rings. The summed E-state index contributed by atoms with van der Waals surface area (Å²) in [6, 6.07) is 0.293. The van der Waals surface area contributed by atoms with Gasteiger partial charge in [0.05, 0.1) is 6.10 Å². The molecular formula is C11H18ClN5O. The summed E-state index contributed by atoms with van der Waals surface area (Å²) in [6.45, 7) is 2.70. The molecule has 0 saturated heterocycles. The quantitative estimate of drug-likeness (QED) is 0.773. The lowest BCUT2D eigenvalue weighted by atomic mass is 9.93. The first-order valence-electron chi connectivity index (χ1n) is 6.27. The summed E-state index contributed by atoms with van der Waals surface area (Å²) in [7, 11) is 0. The van der Waals surface area contributed by atoms with Crippen molar-refractivity contribution in [2.24, 2.45) is 0 Å². The molecule has 0 atom stereocenters. The zero-order valence-corrected chi connectivity index (χ0v) is 11.1. The first-order chi connectivity index (χ1) is 8.67. The Kier molecular flexibility index (Phi) is 4.54. The molecule has 0 amide bonds. The molecule has 1 aliphatic carbocycles. The molecule has 3 N–H and O–H groups in total. The maximum Gasteiger partial charge on any atom is 0.229 e. The monoisotopic (exact) mass is 271 g/mol. The van der Waals surface area contributed by atoms with Crippen LogP contribution in [0.5, 0.6) is 0 Å². The van der Waals surface area contributed by atoms with Crippen molar-refractivity contribution >= 4 is 23.5 Å². The second-order valence-electron chi connectivity index (χ2n) is 4.43. The predicted octanol–water partition coefficient (Wildman–Crippen LogP) is 1.67. The molecule has 0 aliphatic heterocycles. The number of hydrogen-bond donors (Lipinski definition) is 3. The normalized spacial score (nSPS) is 23.7. The highest BCUT2D eigenvalue weighted by atomic mass is 35.5. The van der Waals surface area contributed by atoms with Crippen LogP contribution in [0, 0.1) is 0 Å². The number of aliphatic hydroxyl groups is 1. The van der Waals surface area contributed by atoms with Gasteiger partial charge in [0.1, 0.15) is 0 Å². The van der Waals surface area contributed by atoms with E-state index < -0.39 is 0 Å². The molecule has 1 aromatic rings. The lowest BCUT2D eigenvalue weighted by Gasteiger charge is -2.26. The number of halogens is 1. The van der Waals surface area contributed by atoms with E-state index in [1.165, 1.54) is 0 Å². The maximum absolute atomic E-state index is 9.45. The highest BCUT2D eigenvalue weighted by molar-refractivity contribution is 6.28. The zero-order chi connectivity index (χ0) is 13.0. The first kappa shape index (κ1) is 13.3. The van der Waals surface area contributed by atoms with Gasteiger partial charge in [-0.05, 0) is 44.2 Å². The Bertz CT molecular complexity index is 395. The topological polar surface area (TPSA) is 83.0 Å². The summed E-state index contributed by atoms with van der Waals surface area (Å²) in [5.41, 5.74) is 0. The van der Waals surface area contributed by atoms with Crippen LogP contribution in [0.1, 0.15) is 32.6 Å². The summed E-state index contributed by atoms with van der Waals surface area (Å²) in [5, 5.41) is 15.9. The lowest BCUT2D eigenvalue weighted by molar-refractivity contribution is 0.126. The Morgan fingerprint density at radius 3 is 2.50 bits per heavy atom. The molecule has 0 bridgehead atoms. The van der Waals surface area contributed by atoms with Gasteiger partial charge in [-0.2, -0.15) is 15.0 Å². The van der Waals surface area contributed by atoms with Gasteiger partial charge in [-0.15, -0.1) is 0 Å². The number of hydrogen-bond acceptors (Lipinski definition) is 6. The Morgan fingerprint density at radius 1 is 1.17 bits per heavy atom. The molecule has 1 heterocycles. The molecule has 1 aromatic heterocycles. The fraction of sp³-hybridized carbons (Fsp3) is 0.727. The largest absolute Gasteiger partial charge is 0.393 e. The van der Waals surface area contributed by atoms with Crippen molar-refractivity contribution in [2.75, 3.05) is 17.2 Å². The molecule has 1 aliphatic rings. The van der Waals surface area contributed by atoms with Crippen LogP contribution in [0.4, 0.5) is 11.9 Å². The minimum Gasteiger partial charge on any atom is -0.393 e. The molecule has 0 unspecified atom stereocenters. The third-order valence-electron chi connectivity index (χ3n) is 2.97. The predicted molar refractivity (Wildman–Crippen MR) is 70.9 cm³/mol. The van der Waals surface area contributed by atoms with Crippen LogP contribution in [0.3, 0.4) is 0 Å². The van der Waals surface area contributed by atoms with E-state index in [1.54, 1.807) is 0 Å². The van der Waals surface area contributed by atoms with E-state index in [1.807, 2.05) is 6.92 Å². The number of rotatable bonds is 4. The molecule has 18 heavy (non-hydrogen) atoms. The first-order valence-corrected chi connectivity index (χ1v) is 6.65. The molecule has 2 rings (SSSR count). The van der Waals surface area contributed by atoms with Crippen LogP contribution in [0.15, 0.2) is 0 Å². The van der Waals surface area contributed by atoms with E-state index in [9.17, 15) is 5.11 Å². The smallest absolute Gasteiger partial charge is 0.229 e. The van der Waals surface area contributed by atoms with Gasteiger partial charge in [-0.3, -0.25) is 0 Å². The van der Waals surface area contributed by atoms with Crippen LogP contribution >= 0.6 is 11.6 Å². The average molecular weight is 272 g/mol. The summed E-state index contributed by atoms with van der Waals surface area (Å²) in [5.74, 6) is 0.975. The summed E-state index contributed by atoms with van der Waals surface area (Å²) >= 11 is 5.84. The molecule has 0 aromatic carbocycles. The van der Waals surface area contributed by atoms with E-state index in [0.717, 1.165) is 32.2 Å². The van der Waals surface area contributed by atoms with Gasteiger partial charge in [0.15, 0.2) is 0 Å². The van der Waals surface area contributed by atoms with Crippen molar-refractivity contribution in [1.82, 2.24) is 15.0 Å². The van der Waals surface area contributed by atoms with E-state index in [0.29, 0.717) is 17.9 Å². The summed E-state index contributed by atoms with van der Waals surface area (Å²) in [6.07, 6.45) is 3.30. The summed E-state index contributed by atoms with van der Waals surface area (Å²) < 4.78 is 0. The Labute approximate surface area is 111 Å². The van der Waals surface area contributed by atoms with Gasteiger partial charge in [0.2, 0.25) is 17.2 Å². The van der Waals surface area contributed by atoms with Gasteiger partial charge >= 0.3 is 0 Å². The van der Waals surface area contributed by atoms with Crippen molar-refractivity contribution in [1.29, 1.82) is 0 Å².